The summed E-state index contributed by atoms with van der Waals surface area (Å²) in [6.07, 6.45) is 11.5. The van der Waals surface area contributed by atoms with Crippen LogP contribution in [0.3, 0.4) is 0 Å². The van der Waals surface area contributed by atoms with Gasteiger partial charge in [0.1, 0.15) is 12.2 Å². The molecule has 0 N–H and O–H groups in total. The summed E-state index contributed by atoms with van der Waals surface area (Å²) < 4.78 is 2.25. The Morgan fingerprint density at radius 3 is 2.59 bits per heavy atom. The molecule has 0 amide bonds. The van der Waals surface area contributed by atoms with E-state index >= 15 is 0 Å². The Hall–Kier alpha value is -0.860. The molecule has 1 aromatic heterocycles. The largest absolute Gasteiger partial charge is 0.317 e. The lowest BCUT2D eigenvalue weighted by Gasteiger charge is -2.15. The lowest BCUT2D eigenvalue weighted by atomic mass is 9.96. The second-order valence-electron chi connectivity index (χ2n) is 5.86. The lowest BCUT2D eigenvalue weighted by molar-refractivity contribution is 0.426. The van der Waals surface area contributed by atoms with Gasteiger partial charge in [0, 0.05) is 13.0 Å². The molecule has 1 aromatic rings. The van der Waals surface area contributed by atoms with Crippen LogP contribution >= 0.6 is 0 Å². The summed E-state index contributed by atoms with van der Waals surface area (Å²) in [4.78, 5) is 0. The molecule has 3 nitrogen and oxygen atoms in total. The highest BCUT2D eigenvalue weighted by Gasteiger charge is 2.16. The molecule has 1 aliphatic carbocycles. The van der Waals surface area contributed by atoms with Crippen LogP contribution in [0.15, 0.2) is 6.33 Å². The molecule has 17 heavy (non-hydrogen) atoms. The zero-order chi connectivity index (χ0) is 12.1. The van der Waals surface area contributed by atoms with Crippen molar-refractivity contribution in [2.75, 3.05) is 0 Å². The molecule has 1 saturated carbocycles. The van der Waals surface area contributed by atoms with E-state index in [-0.39, 0.29) is 0 Å². The van der Waals surface area contributed by atoms with Crippen molar-refractivity contribution in [1.82, 2.24) is 14.8 Å². The molecular formula is C14H25N3. The summed E-state index contributed by atoms with van der Waals surface area (Å²) >= 11 is 0. The lowest BCUT2D eigenvalue weighted by Crippen LogP contribution is -2.12. The van der Waals surface area contributed by atoms with Gasteiger partial charge in [-0.3, -0.25) is 0 Å². The minimum absolute atomic E-state index is 0.666. The van der Waals surface area contributed by atoms with Crippen molar-refractivity contribution in [3.05, 3.63) is 12.2 Å². The predicted octanol–water partition coefficient (Wildman–Crippen LogP) is 3.45. The Morgan fingerprint density at radius 2 is 1.94 bits per heavy atom. The predicted molar refractivity (Wildman–Crippen MR) is 69.8 cm³/mol. The number of hydrogen-bond acceptors (Lipinski definition) is 2. The van der Waals surface area contributed by atoms with Crippen LogP contribution in [0.2, 0.25) is 0 Å². The molecular weight excluding hydrogens is 210 g/mol. The molecule has 1 aliphatic rings. The fourth-order valence-corrected chi connectivity index (χ4v) is 2.81. The maximum atomic E-state index is 4.31. The minimum Gasteiger partial charge on any atom is -0.317 e. The molecule has 96 valence electrons. The van der Waals surface area contributed by atoms with Gasteiger partial charge in [-0.25, -0.2) is 0 Å². The Labute approximate surface area is 105 Å². The maximum absolute atomic E-state index is 4.31. The van der Waals surface area contributed by atoms with Gasteiger partial charge in [0.25, 0.3) is 0 Å². The van der Waals surface area contributed by atoms with Crippen LogP contribution < -0.4 is 0 Å². The van der Waals surface area contributed by atoms with E-state index in [4.69, 9.17) is 0 Å². The molecule has 0 saturated heterocycles. The fraction of sp³-hybridized carbons (Fsp3) is 0.857. The van der Waals surface area contributed by atoms with Gasteiger partial charge in [-0.1, -0.05) is 52.4 Å². The van der Waals surface area contributed by atoms with E-state index < -0.39 is 0 Å². The molecule has 1 heterocycles. The van der Waals surface area contributed by atoms with Crippen molar-refractivity contribution in [2.24, 2.45) is 11.8 Å². The topological polar surface area (TPSA) is 30.7 Å². The first kappa shape index (κ1) is 12.6. The second-order valence-corrected chi connectivity index (χ2v) is 5.86. The first-order valence-electron chi connectivity index (χ1n) is 7.12. The molecule has 0 bridgehead atoms. The number of aromatic nitrogens is 3. The van der Waals surface area contributed by atoms with Gasteiger partial charge in [0.05, 0.1) is 0 Å². The van der Waals surface area contributed by atoms with E-state index in [0.717, 1.165) is 18.9 Å². The Kier molecular flexibility index (Phi) is 4.57. The van der Waals surface area contributed by atoms with Crippen molar-refractivity contribution >= 4 is 0 Å². The van der Waals surface area contributed by atoms with E-state index in [1.165, 1.54) is 44.3 Å². The Bertz CT molecular complexity index is 322. The van der Waals surface area contributed by atoms with E-state index in [2.05, 4.69) is 28.6 Å². The molecule has 0 atom stereocenters. The quantitative estimate of drug-likeness (QED) is 0.748. The van der Waals surface area contributed by atoms with E-state index in [9.17, 15) is 0 Å². The Morgan fingerprint density at radius 1 is 1.24 bits per heavy atom. The fourth-order valence-electron chi connectivity index (χ4n) is 2.81. The highest BCUT2D eigenvalue weighted by molar-refractivity contribution is 4.89. The van der Waals surface area contributed by atoms with Crippen LogP contribution in [-0.4, -0.2) is 14.8 Å². The first-order valence-corrected chi connectivity index (χ1v) is 7.12. The number of hydrogen-bond donors (Lipinski definition) is 0. The summed E-state index contributed by atoms with van der Waals surface area (Å²) in [5, 5.41) is 8.38. The zero-order valence-corrected chi connectivity index (χ0v) is 11.2. The van der Waals surface area contributed by atoms with Crippen molar-refractivity contribution in [1.29, 1.82) is 0 Å². The van der Waals surface area contributed by atoms with E-state index in [0.29, 0.717) is 5.92 Å². The monoisotopic (exact) mass is 235 g/mol. The van der Waals surface area contributed by atoms with Crippen LogP contribution in [0.4, 0.5) is 0 Å². The summed E-state index contributed by atoms with van der Waals surface area (Å²) in [5.74, 6) is 2.71. The van der Waals surface area contributed by atoms with E-state index in [1.807, 2.05) is 6.33 Å². The normalized spacial score (nSPS) is 18.5. The minimum atomic E-state index is 0.666. The van der Waals surface area contributed by atoms with E-state index in [1.54, 1.807) is 0 Å². The van der Waals surface area contributed by atoms with Gasteiger partial charge in [0.2, 0.25) is 0 Å². The zero-order valence-electron chi connectivity index (χ0n) is 11.2. The SMILES string of the molecule is CC(C)Cn1cnnc1CC1CCCCCC1. The molecule has 0 unspecified atom stereocenters. The van der Waals surface area contributed by atoms with Gasteiger partial charge in [-0.15, -0.1) is 10.2 Å². The summed E-state index contributed by atoms with van der Waals surface area (Å²) in [6.45, 7) is 5.54. The van der Waals surface area contributed by atoms with Crippen LogP contribution in [0, 0.1) is 11.8 Å². The average molecular weight is 235 g/mol. The molecule has 3 heteroatoms. The van der Waals surface area contributed by atoms with Gasteiger partial charge in [-0.05, 0) is 11.8 Å². The highest BCUT2D eigenvalue weighted by Crippen LogP contribution is 2.25. The smallest absolute Gasteiger partial charge is 0.133 e. The van der Waals surface area contributed by atoms with Crippen molar-refractivity contribution in [3.63, 3.8) is 0 Å². The van der Waals surface area contributed by atoms with Gasteiger partial charge < -0.3 is 4.57 Å². The summed E-state index contributed by atoms with van der Waals surface area (Å²) in [7, 11) is 0. The molecule has 0 radical (unpaired) electrons. The Balaban J connectivity index is 1.94. The van der Waals surface area contributed by atoms with Crippen LogP contribution in [0.25, 0.3) is 0 Å². The molecule has 0 spiro atoms. The number of nitrogens with zero attached hydrogens (tertiary/aromatic N) is 3. The van der Waals surface area contributed by atoms with Crippen molar-refractivity contribution in [3.8, 4) is 0 Å². The van der Waals surface area contributed by atoms with Gasteiger partial charge in [0.15, 0.2) is 0 Å². The maximum Gasteiger partial charge on any atom is 0.133 e. The van der Waals surface area contributed by atoms with Crippen LogP contribution in [0.1, 0.15) is 58.2 Å². The molecule has 1 fully saturated rings. The first-order chi connectivity index (χ1) is 8.25. The third kappa shape index (κ3) is 3.83. The van der Waals surface area contributed by atoms with Crippen LogP contribution in [-0.2, 0) is 13.0 Å². The van der Waals surface area contributed by atoms with Gasteiger partial charge >= 0.3 is 0 Å². The van der Waals surface area contributed by atoms with Crippen molar-refractivity contribution in [2.45, 2.75) is 65.3 Å². The third-order valence-electron chi connectivity index (χ3n) is 3.70. The summed E-state index contributed by atoms with van der Waals surface area (Å²) in [5.41, 5.74) is 0. The molecule has 2 rings (SSSR count). The number of rotatable bonds is 4. The third-order valence-corrected chi connectivity index (χ3v) is 3.70. The molecule has 0 aliphatic heterocycles. The van der Waals surface area contributed by atoms with Crippen molar-refractivity contribution < 1.29 is 0 Å². The standard InChI is InChI=1S/C14H25N3/c1-12(2)10-17-11-15-16-14(17)9-13-7-5-3-4-6-8-13/h11-13H,3-10H2,1-2H3. The average Bonchev–Trinajstić information content (AvgIpc) is 2.55. The van der Waals surface area contributed by atoms with Crippen LogP contribution in [0.5, 0.6) is 0 Å². The summed E-state index contributed by atoms with van der Waals surface area (Å²) in [6, 6.07) is 0. The van der Waals surface area contributed by atoms with Gasteiger partial charge in [-0.2, -0.15) is 0 Å². The molecule has 0 aromatic carbocycles. The highest BCUT2D eigenvalue weighted by atomic mass is 15.3. The second kappa shape index (κ2) is 6.18.